The fourth-order valence-electron chi connectivity index (χ4n) is 1.36. The van der Waals surface area contributed by atoms with Gasteiger partial charge in [-0.05, 0) is 20.2 Å². The molecule has 0 fully saturated rings. The Kier molecular flexibility index (Phi) is 4.71. The van der Waals surface area contributed by atoms with Gasteiger partial charge in [-0.1, -0.05) is 0 Å². The summed E-state index contributed by atoms with van der Waals surface area (Å²) in [7, 11) is 5.39. The standard InChI is InChI=1S/C11H17N3O3/c1-13(2)7-6-12-9-4-5-10(14(15)16)11(8-9)17-3/h4-5,8,12H,6-7H2,1-3H3. The van der Waals surface area contributed by atoms with E-state index >= 15 is 0 Å². The van der Waals surface area contributed by atoms with E-state index in [1.807, 2.05) is 14.1 Å². The van der Waals surface area contributed by atoms with Crippen molar-refractivity contribution in [1.82, 2.24) is 4.90 Å². The molecule has 0 aliphatic heterocycles. The van der Waals surface area contributed by atoms with Crippen LogP contribution in [-0.4, -0.2) is 44.1 Å². The SMILES string of the molecule is COc1cc(NCCN(C)C)ccc1[N+](=O)[O-]. The zero-order chi connectivity index (χ0) is 12.8. The van der Waals surface area contributed by atoms with Gasteiger partial charge in [0, 0.05) is 30.9 Å². The van der Waals surface area contributed by atoms with Crippen LogP contribution in [0.25, 0.3) is 0 Å². The quantitative estimate of drug-likeness (QED) is 0.603. The van der Waals surface area contributed by atoms with E-state index < -0.39 is 4.92 Å². The number of hydrogen-bond acceptors (Lipinski definition) is 5. The Morgan fingerprint density at radius 3 is 2.71 bits per heavy atom. The van der Waals surface area contributed by atoms with E-state index in [1.54, 1.807) is 12.1 Å². The summed E-state index contributed by atoms with van der Waals surface area (Å²) in [6.07, 6.45) is 0. The second-order valence-electron chi connectivity index (χ2n) is 3.87. The summed E-state index contributed by atoms with van der Waals surface area (Å²) in [4.78, 5) is 12.3. The smallest absolute Gasteiger partial charge is 0.311 e. The van der Waals surface area contributed by atoms with Crippen LogP contribution in [-0.2, 0) is 0 Å². The third kappa shape index (κ3) is 3.92. The van der Waals surface area contributed by atoms with Gasteiger partial charge >= 0.3 is 5.69 Å². The first-order valence-electron chi connectivity index (χ1n) is 5.25. The molecular formula is C11H17N3O3. The van der Waals surface area contributed by atoms with Crippen LogP contribution in [0, 0.1) is 10.1 Å². The molecule has 0 aliphatic rings. The zero-order valence-corrected chi connectivity index (χ0v) is 10.3. The van der Waals surface area contributed by atoms with E-state index in [9.17, 15) is 10.1 Å². The minimum Gasteiger partial charge on any atom is -0.490 e. The van der Waals surface area contributed by atoms with Gasteiger partial charge < -0.3 is 15.0 Å². The number of nitrogens with one attached hydrogen (secondary N) is 1. The van der Waals surface area contributed by atoms with Gasteiger partial charge in [0.15, 0.2) is 5.75 Å². The number of rotatable bonds is 6. The lowest BCUT2D eigenvalue weighted by Crippen LogP contribution is -2.20. The molecule has 0 radical (unpaired) electrons. The van der Waals surface area contributed by atoms with Crippen LogP contribution in [0.4, 0.5) is 11.4 Å². The average Bonchev–Trinajstić information content (AvgIpc) is 2.28. The fourth-order valence-corrected chi connectivity index (χ4v) is 1.36. The largest absolute Gasteiger partial charge is 0.490 e. The number of methoxy groups -OCH3 is 1. The lowest BCUT2D eigenvalue weighted by Gasteiger charge is -2.12. The van der Waals surface area contributed by atoms with Crippen molar-refractivity contribution in [1.29, 1.82) is 0 Å². The molecule has 0 aliphatic carbocycles. The van der Waals surface area contributed by atoms with Gasteiger partial charge in [0.25, 0.3) is 0 Å². The molecule has 0 saturated heterocycles. The molecule has 0 saturated carbocycles. The Bertz CT molecular complexity index is 394. The Hall–Kier alpha value is -1.82. The van der Waals surface area contributed by atoms with Crippen molar-refractivity contribution in [3.63, 3.8) is 0 Å². The topological polar surface area (TPSA) is 67.6 Å². The van der Waals surface area contributed by atoms with Gasteiger partial charge in [-0.3, -0.25) is 10.1 Å². The summed E-state index contributed by atoms with van der Waals surface area (Å²) in [6.45, 7) is 1.66. The van der Waals surface area contributed by atoms with Gasteiger partial charge in [-0.2, -0.15) is 0 Å². The Morgan fingerprint density at radius 1 is 1.47 bits per heavy atom. The Morgan fingerprint density at radius 2 is 2.18 bits per heavy atom. The maximum atomic E-state index is 10.7. The number of ether oxygens (including phenoxy) is 1. The maximum Gasteiger partial charge on any atom is 0.311 e. The number of benzene rings is 1. The van der Waals surface area contributed by atoms with Crippen molar-refractivity contribution in [3.05, 3.63) is 28.3 Å². The molecule has 94 valence electrons. The first-order chi connectivity index (χ1) is 8.04. The van der Waals surface area contributed by atoms with Crippen molar-refractivity contribution >= 4 is 11.4 Å². The number of nitro benzene ring substituents is 1. The summed E-state index contributed by atoms with van der Waals surface area (Å²) < 4.78 is 4.98. The third-order valence-corrected chi connectivity index (χ3v) is 2.26. The van der Waals surface area contributed by atoms with Gasteiger partial charge in [0.2, 0.25) is 0 Å². The second-order valence-corrected chi connectivity index (χ2v) is 3.87. The monoisotopic (exact) mass is 239 g/mol. The average molecular weight is 239 g/mol. The van der Waals surface area contributed by atoms with Crippen LogP contribution in [0.1, 0.15) is 0 Å². The van der Waals surface area contributed by atoms with E-state index in [-0.39, 0.29) is 11.4 Å². The second kappa shape index (κ2) is 6.05. The van der Waals surface area contributed by atoms with Crippen molar-refractivity contribution in [2.45, 2.75) is 0 Å². The summed E-state index contributed by atoms with van der Waals surface area (Å²) in [5.74, 6) is 0.268. The number of nitro groups is 1. The summed E-state index contributed by atoms with van der Waals surface area (Å²) in [5, 5.41) is 13.9. The van der Waals surface area contributed by atoms with Crippen LogP contribution in [0.5, 0.6) is 5.75 Å². The number of likely N-dealkylation sites (N-methyl/N-ethyl adjacent to an activating group) is 1. The molecule has 0 aromatic heterocycles. The van der Waals surface area contributed by atoms with Crippen LogP contribution >= 0.6 is 0 Å². The normalized spacial score (nSPS) is 10.4. The van der Waals surface area contributed by atoms with E-state index in [0.29, 0.717) is 0 Å². The van der Waals surface area contributed by atoms with Gasteiger partial charge in [0.1, 0.15) is 0 Å². The Balaban J connectivity index is 2.72. The van der Waals surface area contributed by atoms with E-state index in [0.717, 1.165) is 18.8 Å². The van der Waals surface area contributed by atoms with E-state index in [2.05, 4.69) is 10.2 Å². The molecule has 0 bridgehead atoms. The first-order valence-corrected chi connectivity index (χ1v) is 5.25. The summed E-state index contributed by atoms with van der Waals surface area (Å²) in [6, 6.07) is 4.75. The molecule has 6 nitrogen and oxygen atoms in total. The van der Waals surface area contributed by atoms with Crippen molar-refractivity contribution in [3.8, 4) is 5.75 Å². The molecular weight excluding hydrogens is 222 g/mol. The highest BCUT2D eigenvalue weighted by Crippen LogP contribution is 2.29. The van der Waals surface area contributed by atoms with Crippen LogP contribution < -0.4 is 10.1 Å². The minimum atomic E-state index is -0.456. The molecule has 0 atom stereocenters. The molecule has 17 heavy (non-hydrogen) atoms. The predicted molar refractivity (Wildman–Crippen MR) is 66.7 cm³/mol. The third-order valence-electron chi connectivity index (χ3n) is 2.26. The molecule has 1 aromatic carbocycles. The van der Waals surface area contributed by atoms with E-state index in [4.69, 9.17) is 4.74 Å². The van der Waals surface area contributed by atoms with Crippen LogP contribution in [0.2, 0.25) is 0 Å². The van der Waals surface area contributed by atoms with Crippen LogP contribution in [0.15, 0.2) is 18.2 Å². The minimum absolute atomic E-state index is 0.0225. The molecule has 1 aromatic rings. The lowest BCUT2D eigenvalue weighted by atomic mass is 10.2. The summed E-state index contributed by atoms with van der Waals surface area (Å²) >= 11 is 0. The van der Waals surface area contributed by atoms with Crippen molar-refractivity contribution in [2.24, 2.45) is 0 Å². The fraction of sp³-hybridized carbons (Fsp3) is 0.455. The summed E-state index contributed by atoms with van der Waals surface area (Å²) in [5.41, 5.74) is 0.792. The molecule has 0 amide bonds. The van der Waals surface area contributed by atoms with Gasteiger partial charge in [0.05, 0.1) is 12.0 Å². The first kappa shape index (κ1) is 13.2. The molecule has 1 N–H and O–H groups in total. The Labute approximate surface area is 100 Å². The van der Waals surface area contributed by atoms with E-state index in [1.165, 1.54) is 13.2 Å². The molecule has 6 heteroatoms. The molecule has 0 unspecified atom stereocenters. The molecule has 1 rings (SSSR count). The van der Waals surface area contributed by atoms with Gasteiger partial charge in [-0.25, -0.2) is 0 Å². The van der Waals surface area contributed by atoms with Crippen molar-refractivity contribution < 1.29 is 9.66 Å². The molecule has 0 heterocycles. The highest BCUT2D eigenvalue weighted by Gasteiger charge is 2.14. The molecule has 0 spiro atoms. The predicted octanol–water partition coefficient (Wildman–Crippen LogP) is 1.58. The van der Waals surface area contributed by atoms with Crippen LogP contribution in [0.3, 0.4) is 0 Å². The van der Waals surface area contributed by atoms with Crippen molar-refractivity contribution in [2.75, 3.05) is 39.6 Å². The van der Waals surface area contributed by atoms with Gasteiger partial charge in [-0.15, -0.1) is 0 Å². The highest BCUT2D eigenvalue weighted by molar-refractivity contribution is 5.57. The lowest BCUT2D eigenvalue weighted by molar-refractivity contribution is -0.385. The maximum absolute atomic E-state index is 10.7. The number of hydrogen-bond donors (Lipinski definition) is 1. The number of nitrogens with zero attached hydrogens (tertiary/aromatic N) is 2. The zero-order valence-electron chi connectivity index (χ0n) is 10.3. The number of anilines is 1. The highest BCUT2D eigenvalue weighted by atomic mass is 16.6.